The van der Waals surface area contributed by atoms with Crippen molar-refractivity contribution in [1.29, 1.82) is 0 Å². The maximum absolute atomic E-state index is 11.6. The zero-order valence-electron chi connectivity index (χ0n) is 12.6. The zero-order chi connectivity index (χ0) is 16.3. The Morgan fingerprint density at radius 3 is 2.68 bits per heavy atom. The predicted molar refractivity (Wildman–Crippen MR) is 85.4 cm³/mol. The third-order valence-electron chi connectivity index (χ3n) is 3.61. The fourth-order valence-corrected chi connectivity index (χ4v) is 2.75. The molecule has 1 amide bonds. The van der Waals surface area contributed by atoms with Gasteiger partial charge < -0.3 is 15.1 Å². The summed E-state index contributed by atoms with van der Waals surface area (Å²) in [5.74, 6) is -0.300. The van der Waals surface area contributed by atoms with Gasteiger partial charge in [-0.05, 0) is 28.8 Å². The number of nitrogens with zero attached hydrogens (tertiary/aromatic N) is 2. The number of aliphatic hydroxyl groups is 2. The second-order valence-electron chi connectivity index (χ2n) is 4.79. The molecule has 6 heteroatoms. The van der Waals surface area contributed by atoms with Crippen LogP contribution in [0.3, 0.4) is 0 Å². The van der Waals surface area contributed by atoms with Gasteiger partial charge in [-0.15, -0.1) is 0 Å². The number of benzene rings is 1. The van der Waals surface area contributed by atoms with Crippen LogP contribution in [0.1, 0.15) is 30.5 Å². The third-order valence-corrected chi connectivity index (χ3v) is 3.96. The van der Waals surface area contributed by atoms with E-state index in [4.69, 9.17) is 16.7 Å². The average Bonchev–Trinajstić information content (AvgIpc) is 2.99. The van der Waals surface area contributed by atoms with Crippen molar-refractivity contribution < 1.29 is 15.0 Å². The number of carbonyl (C=O) groups excluding carboxylic acids is 1. The van der Waals surface area contributed by atoms with Crippen molar-refractivity contribution in [2.24, 2.45) is 0 Å². The summed E-state index contributed by atoms with van der Waals surface area (Å²) < 4.78 is 0. The van der Waals surface area contributed by atoms with Gasteiger partial charge >= 0.3 is 0 Å². The summed E-state index contributed by atoms with van der Waals surface area (Å²) in [5, 5.41) is 19.6. The number of hydrogen-bond acceptors (Lipinski definition) is 4. The molecule has 5 nitrogen and oxygen atoms in total. The minimum atomic E-state index is -0.493. The first-order chi connectivity index (χ1) is 10.6. The van der Waals surface area contributed by atoms with E-state index in [2.05, 4.69) is 4.98 Å². The summed E-state index contributed by atoms with van der Waals surface area (Å²) in [6, 6.07) is 3.54. The lowest BCUT2D eigenvalue weighted by molar-refractivity contribution is -0.134. The number of aromatic nitrogens is 1. The molecule has 1 aliphatic rings. The molecule has 0 radical (unpaired) electrons. The minimum Gasteiger partial charge on any atom is -0.392 e. The van der Waals surface area contributed by atoms with Gasteiger partial charge in [0.1, 0.15) is 6.61 Å². The van der Waals surface area contributed by atoms with E-state index in [9.17, 15) is 9.90 Å². The highest BCUT2D eigenvalue weighted by molar-refractivity contribution is 6.32. The van der Waals surface area contributed by atoms with E-state index in [-0.39, 0.29) is 12.5 Å². The maximum atomic E-state index is 11.6. The van der Waals surface area contributed by atoms with Crippen LogP contribution in [-0.2, 0) is 24.5 Å². The normalized spacial score (nSPS) is 12.9. The molecule has 1 aromatic heterocycles. The lowest BCUT2D eigenvalue weighted by Gasteiger charge is -2.13. The van der Waals surface area contributed by atoms with E-state index < -0.39 is 6.61 Å². The number of amides is 1. The predicted octanol–water partition coefficient (Wildman–Crippen LogP) is 2.24. The molecule has 2 heterocycles. The quantitative estimate of drug-likeness (QED) is 0.889. The topological polar surface area (TPSA) is 73.7 Å². The highest BCUT2D eigenvalue weighted by Gasteiger charge is 2.25. The first-order valence-electron chi connectivity index (χ1n) is 7.22. The summed E-state index contributed by atoms with van der Waals surface area (Å²) in [4.78, 5) is 17.5. The van der Waals surface area contributed by atoms with Gasteiger partial charge in [-0.1, -0.05) is 25.4 Å². The molecule has 2 aromatic rings. The van der Waals surface area contributed by atoms with Gasteiger partial charge in [-0.25, -0.2) is 0 Å². The van der Waals surface area contributed by atoms with Crippen LogP contribution in [0.4, 0.5) is 0 Å². The van der Waals surface area contributed by atoms with Crippen LogP contribution >= 0.6 is 11.6 Å². The van der Waals surface area contributed by atoms with Crippen LogP contribution in [0, 0.1) is 0 Å². The van der Waals surface area contributed by atoms with Crippen molar-refractivity contribution in [1.82, 2.24) is 9.88 Å². The van der Waals surface area contributed by atoms with Gasteiger partial charge in [0.05, 0.1) is 12.1 Å². The molecule has 0 aliphatic carbocycles. The maximum Gasteiger partial charge on any atom is 0.248 e. The van der Waals surface area contributed by atoms with Crippen molar-refractivity contribution in [3.05, 3.63) is 40.0 Å². The van der Waals surface area contributed by atoms with Crippen LogP contribution in [-0.4, -0.2) is 32.6 Å². The van der Waals surface area contributed by atoms with Crippen LogP contribution < -0.4 is 0 Å². The van der Waals surface area contributed by atoms with Gasteiger partial charge in [0.25, 0.3) is 0 Å². The molecule has 118 valence electrons. The molecule has 0 spiro atoms. The van der Waals surface area contributed by atoms with E-state index >= 15 is 0 Å². The molecular formula is C16H19ClN2O3. The lowest BCUT2D eigenvalue weighted by Crippen LogP contribution is -2.27. The Hall–Kier alpha value is -1.69. The van der Waals surface area contributed by atoms with E-state index in [1.807, 2.05) is 19.9 Å². The molecular weight excluding hydrogens is 304 g/mol. The van der Waals surface area contributed by atoms with Crippen molar-refractivity contribution in [2.75, 3.05) is 6.61 Å². The number of halogens is 1. The standard InChI is InChI=1S/C14H13ClN2O3.C2H6/c15-12-2-13-10(1-8(12)6-18)11-5-17(14(20)7-19)4-9(11)3-16-13;1-2/h1-3,18-19H,4-7H2;1-2H3. The molecule has 0 fully saturated rings. The summed E-state index contributed by atoms with van der Waals surface area (Å²) in [6.45, 7) is 4.26. The Labute approximate surface area is 134 Å². The number of carbonyl (C=O) groups is 1. The Kier molecular flexibility index (Phi) is 5.34. The second kappa shape index (κ2) is 7.05. The molecule has 0 saturated carbocycles. The zero-order valence-corrected chi connectivity index (χ0v) is 13.4. The average molecular weight is 323 g/mol. The molecule has 1 aromatic carbocycles. The monoisotopic (exact) mass is 322 g/mol. The Balaban J connectivity index is 0.000000847. The molecule has 0 bridgehead atoms. The van der Waals surface area contributed by atoms with Gasteiger partial charge in [-0.3, -0.25) is 9.78 Å². The number of aliphatic hydroxyl groups excluding tert-OH is 2. The highest BCUT2D eigenvalue weighted by atomic mass is 35.5. The Bertz CT molecular complexity index is 703. The largest absolute Gasteiger partial charge is 0.392 e. The first-order valence-corrected chi connectivity index (χ1v) is 7.60. The minimum absolute atomic E-state index is 0.141. The smallest absolute Gasteiger partial charge is 0.248 e. The number of hydrogen-bond donors (Lipinski definition) is 2. The molecule has 0 unspecified atom stereocenters. The van der Waals surface area contributed by atoms with Crippen molar-refractivity contribution >= 4 is 28.4 Å². The first kappa shape index (κ1) is 16.7. The summed E-state index contributed by atoms with van der Waals surface area (Å²) >= 11 is 6.06. The van der Waals surface area contributed by atoms with Crippen LogP contribution in [0.2, 0.25) is 5.02 Å². The molecule has 22 heavy (non-hydrogen) atoms. The van der Waals surface area contributed by atoms with Gasteiger partial charge in [-0.2, -0.15) is 0 Å². The summed E-state index contributed by atoms with van der Waals surface area (Å²) in [7, 11) is 0. The number of rotatable bonds is 2. The molecule has 3 rings (SSSR count). The van der Waals surface area contributed by atoms with Gasteiger partial charge in [0.2, 0.25) is 5.91 Å². The van der Waals surface area contributed by atoms with Crippen LogP contribution in [0.25, 0.3) is 10.9 Å². The third kappa shape index (κ3) is 2.92. The van der Waals surface area contributed by atoms with E-state index in [0.717, 1.165) is 22.0 Å². The molecule has 0 atom stereocenters. The molecule has 0 saturated heterocycles. The summed E-state index contributed by atoms with van der Waals surface area (Å²) in [5.41, 5.74) is 3.35. The van der Waals surface area contributed by atoms with Crippen molar-refractivity contribution in [3.63, 3.8) is 0 Å². The number of fused-ring (bicyclic) bond motifs is 3. The fraction of sp³-hybridized carbons (Fsp3) is 0.375. The number of pyridine rings is 1. The summed E-state index contributed by atoms with van der Waals surface area (Å²) in [6.07, 6.45) is 1.73. The van der Waals surface area contributed by atoms with E-state index in [0.29, 0.717) is 23.7 Å². The lowest BCUT2D eigenvalue weighted by atomic mass is 10.0. The Morgan fingerprint density at radius 2 is 2.05 bits per heavy atom. The van der Waals surface area contributed by atoms with Crippen LogP contribution in [0.5, 0.6) is 0 Å². The van der Waals surface area contributed by atoms with Gasteiger partial charge in [0.15, 0.2) is 0 Å². The van der Waals surface area contributed by atoms with Crippen LogP contribution in [0.15, 0.2) is 18.3 Å². The Morgan fingerprint density at radius 1 is 1.32 bits per heavy atom. The molecule has 1 aliphatic heterocycles. The van der Waals surface area contributed by atoms with Crippen molar-refractivity contribution in [2.45, 2.75) is 33.5 Å². The van der Waals surface area contributed by atoms with E-state index in [1.54, 1.807) is 17.2 Å². The van der Waals surface area contributed by atoms with Gasteiger partial charge in [0, 0.05) is 29.7 Å². The second-order valence-corrected chi connectivity index (χ2v) is 5.20. The molecule has 2 N–H and O–H groups in total. The highest BCUT2D eigenvalue weighted by Crippen LogP contribution is 2.32. The van der Waals surface area contributed by atoms with E-state index in [1.165, 1.54) is 0 Å². The fourth-order valence-electron chi connectivity index (χ4n) is 2.53. The van der Waals surface area contributed by atoms with Crippen molar-refractivity contribution in [3.8, 4) is 0 Å². The SMILES string of the molecule is CC.O=C(CO)N1Cc2cnc3cc(Cl)c(CO)cc3c2C1.